The molecule has 0 aromatic rings. The molecule has 3 fully saturated rings. The molecule has 3 saturated carbocycles. The lowest BCUT2D eigenvalue weighted by Crippen LogP contribution is -2.66. The smallest absolute Gasteiger partial charge is 0.310 e. The lowest BCUT2D eigenvalue weighted by Gasteiger charge is -2.69. The fourth-order valence-electron chi connectivity index (χ4n) is 10.6. The summed E-state index contributed by atoms with van der Waals surface area (Å²) in [6, 6.07) is 0. The van der Waals surface area contributed by atoms with Crippen LogP contribution in [0.25, 0.3) is 0 Å². The second-order valence-electron chi connectivity index (χ2n) is 14.3. The highest BCUT2D eigenvalue weighted by Crippen LogP contribution is 2.76. The van der Waals surface area contributed by atoms with Gasteiger partial charge in [-0.1, -0.05) is 59.3 Å². The highest BCUT2D eigenvalue weighted by Gasteiger charge is 2.71. The molecule has 0 radical (unpaired) electrons. The van der Waals surface area contributed by atoms with Gasteiger partial charge in [0.25, 0.3) is 0 Å². The second kappa shape index (κ2) is 7.00. The largest absolute Gasteiger partial charge is 0.481 e. The van der Waals surface area contributed by atoms with Gasteiger partial charge in [-0.2, -0.15) is 0 Å². The number of fused-ring (bicyclic) bond motifs is 7. The van der Waals surface area contributed by atoms with Crippen molar-refractivity contribution in [3.8, 4) is 0 Å². The number of rotatable bonds is 2. The zero-order valence-electron chi connectivity index (χ0n) is 22.4. The van der Waals surface area contributed by atoms with Gasteiger partial charge >= 0.3 is 5.97 Å². The van der Waals surface area contributed by atoms with Crippen LogP contribution < -0.4 is 0 Å². The molecule has 0 spiro atoms. The van der Waals surface area contributed by atoms with Gasteiger partial charge in [-0.25, -0.2) is 0 Å². The maximum Gasteiger partial charge on any atom is 0.310 e. The summed E-state index contributed by atoms with van der Waals surface area (Å²) in [5, 5.41) is 32.9. The highest BCUT2D eigenvalue weighted by atomic mass is 16.4. The van der Waals surface area contributed by atoms with E-state index in [1.807, 2.05) is 6.92 Å². The quantitative estimate of drug-likeness (QED) is 0.434. The number of hydrogen-bond donors (Lipinski definition) is 3. The third-order valence-corrected chi connectivity index (χ3v) is 12.9. The summed E-state index contributed by atoms with van der Waals surface area (Å²) < 4.78 is 0. The van der Waals surface area contributed by atoms with Crippen molar-refractivity contribution < 1.29 is 20.1 Å². The molecule has 0 aromatic heterocycles. The summed E-state index contributed by atoms with van der Waals surface area (Å²) in [5.41, 5.74) is 0.405. The Hall–Kier alpha value is -1.13. The van der Waals surface area contributed by atoms with Crippen LogP contribution in [0, 0.1) is 50.7 Å². The third kappa shape index (κ3) is 2.60. The number of aliphatic carboxylic acids is 1. The van der Waals surface area contributed by atoms with E-state index in [9.17, 15) is 20.1 Å². The molecule has 5 aliphatic carbocycles. The monoisotopic (exact) mass is 470 g/mol. The molecular weight excluding hydrogens is 424 g/mol. The van der Waals surface area contributed by atoms with Gasteiger partial charge in [0, 0.05) is 5.92 Å². The first-order valence-electron chi connectivity index (χ1n) is 13.6. The summed E-state index contributed by atoms with van der Waals surface area (Å²) in [6.07, 6.45) is 10.8. The predicted octanol–water partition coefficient (Wildman–Crippen LogP) is 5.98. The minimum absolute atomic E-state index is 0.00155. The van der Waals surface area contributed by atoms with E-state index in [2.05, 4.69) is 53.7 Å². The van der Waals surface area contributed by atoms with Crippen LogP contribution in [0.2, 0.25) is 0 Å². The normalized spacial score (nSPS) is 53.6. The van der Waals surface area contributed by atoms with Gasteiger partial charge in [0.05, 0.1) is 17.6 Å². The molecule has 4 nitrogen and oxygen atoms in total. The minimum atomic E-state index is -1.03. The molecule has 1 unspecified atom stereocenters. The van der Waals surface area contributed by atoms with Crippen molar-refractivity contribution in [2.75, 3.05) is 6.61 Å². The summed E-state index contributed by atoms with van der Waals surface area (Å²) >= 11 is 0. The molecule has 3 N–H and O–H groups in total. The number of carboxylic acids is 1. The van der Waals surface area contributed by atoms with Gasteiger partial charge in [-0.15, -0.1) is 0 Å². The molecule has 4 heteroatoms. The Morgan fingerprint density at radius 3 is 2.29 bits per heavy atom. The van der Waals surface area contributed by atoms with Gasteiger partial charge in [0.2, 0.25) is 0 Å². The molecule has 0 bridgehead atoms. The predicted molar refractivity (Wildman–Crippen MR) is 134 cm³/mol. The van der Waals surface area contributed by atoms with Crippen LogP contribution in [0.3, 0.4) is 0 Å². The Bertz CT molecular complexity index is 974. The molecule has 0 aliphatic heterocycles. The SMILES string of the molecule is CC1CC[C@]2(C(=O)O)CC[C@]3(C)C(=CC[C@@H]4[C@@]5(C)C(CO)=CC(C)(C)[C@@H]5CC[C@]43C)[C@@H]2[C@]1(C)O. The van der Waals surface area contributed by atoms with E-state index in [-0.39, 0.29) is 40.1 Å². The Labute approximate surface area is 205 Å². The van der Waals surface area contributed by atoms with E-state index < -0.39 is 17.0 Å². The van der Waals surface area contributed by atoms with Crippen LogP contribution in [0.1, 0.15) is 93.4 Å². The van der Waals surface area contributed by atoms with Crippen LogP contribution in [0.5, 0.6) is 0 Å². The van der Waals surface area contributed by atoms with Gasteiger partial charge in [0.15, 0.2) is 0 Å². The molecule has 0 saturated heterocycles. The third-order valence-electron chi connectivity index (χ3n) is 12.9. The number of carbonyl (C=O) groups is 1. The standard InChI is InChI=1S/C30H46O4/c1-18-10-13-30(24(32)33)15-14-26(4)20(23(30)29(18,7)34)8-9-22-27(26,5)12-11-21-25(2,3)16-19(17-31)28(21,22)6/h8,16,18,21-23,31,34H,9-15,17H2,1-7H3,(H,32,33)/t18?,21-,22-,23+,26+,27+,28-,29+,30-/m0/s1. The average Bonchev–Trinajstić information content (AvgIpc) is 2.96. The molecule has 9 atom stereocenters. The van der Waals surface area contributed by atoms with Crippen molar-refractivity contribution in [2.45, 2.75) is 99.0 Å². The summed E-state index contributed by atoms with van der Waals surface area (Å²) in [5.74, 6) is -0.0735. The van der Waals surface area contributed by atoms with Crippen molar-refractivity contribution in [1.29, 1.82) is 0 Å². The fourth-order valence-corrected chi connectivity index (χ4v) is 10.6. The molecule has 190 valence electrons. The summed E-state index contributed by atoms with van der Waals surface area (Å²) in [4.78, 5) is 12.8. The van der Waals surface area contributed by atoms with Crippen LogP contribution in [-0.2, 0) is 4.79 Å². The Morgan fingerprint density at radius 1 is 1.00 bits per heavy atom. The van der Waals surface area contributed by atoms with Gasteiger partial charge < -0.3 is 15.3 Å². The summed E-state index contributed by atoms with van der Waals surface area (Å²) in [6.45, 7) is 16.0. The fraction of sp³-hybridized carbons (Fsp3) is 0.833. The summed E-state index contributed by atoms with van der Waals surface area (Å²) in [7, 11) is 0. The topological polar surface area (TPSA) is 77.8 Å². The van der Waals surface area contributed by atoms with E-state index >= 15 is 0 Å². The van der Waals surface area contributed by atoms with Crippen molar-refractivity contribution in [1.82, 2.24) is 0 Å². The molecule has 5 rings (SSSR count). The molecule has 5 aliphatic rings. The Kier molecular flexibility index (Phi) is 5.06. The van der Waals surface area contributed by atoms with E-state index in [4.69, 9.17) is 0 Å². The second-order valence-corrected chi connectivity index (χ2v) is 14.3. The van der Waals surface area contributed by atoms with Crippen molar-refractivity contribution in [3.63, 3.8) is 0 Å². The first kappa shape index (κ1) is 24.6. The van der Waals surface area contributed by atoms with Gasteiger partial charge in [0.1, 0.15) is 0 Å². The minimum Gasteiger partial charge on any atom is -0.481 e. The molecule has 34 heavy (non-hydrogen) atoms. The average molecular weight is 471 g/mol. The maximum absolute atomic E-state index is 12.8. The highest BCUT2D eigenvalue weighted by molar-refractivity contribution is 5.77. The molecular formula is C30H46O4. The zero-order chi connectivity index (χ0) is 25.1. The first-order valence-corrected chi connectivity index (χ1v) is 13.6. The number of carboxylic acid groups (broad SMARTS) is 1. The number of aliphatic hydroxyl groups excluding tert-OH is 1. The van der Waals surface area contributed by atoms with E-state index in [1.54, 1.807) is 0 Å². The molecule has 0 heterocycles. The van der Waals surface area contributed by atoms with Crippen molar-refractivity contribution in [2.24, 2.45) is 50.7 Å². The molecule has 0 amide bonds. The Morgan fingerprint density at radius 2 is 1.68 bits per heavy atom. The van der Waals surface area contributed by atoms with Crippen LogP contribution >= 0.6 is 0 Å². The number of hydrogen-bond acceptors (Lipinski definition) is 3. The lowest BCUT2D eigenvalue weighted by molar-refractivity contribution is -0.197. The van der Waals surface area contributed by atoms with Gasteiger partial charge in [-0.05, 0) is 96.9 Å². The molecule has 0 aromatic carbocycles. The number of allylic oxidation sites excluding steroid dienone is 2. The van der Waals surface area contributed by atoms with Crippen LogP contribution in [-0.4, -0.2) is 33.5 Å². The van der Waals surface area contributed by atoms with E-state index in [1.165, 1.54) is 11.1 Å². The Balaban J connectivity index is 1.68. The van der Waals surface area contributed by atoms with Crippen molar-refractivity contribution in [3.05, 3.63) is 23.3 Å². The van der Waals surface area contributed by atoms with Crippen LogP contribution in [0.15, 0.2) is 23.3 Å². The zero-order valence-corrected chi connectivity index (χ0v) is 22.4. The van der Waals surface area contributed by atoms with Crippen molar-refractivity contribution >= 4 is 5.97 Å². The number of aliphatic hydroxyl groups is 2. The van der Waals surface area contributed by atoms with Gasteiger partial charge in [-0.3, -0.25) is 4.79 Å². The lowest BCUT2D eigenvalue weighted by atomic mass is 9.34. The van der Waals surface area contributed by atoms with E-state index in [0.717, 1.165) is 32.1 Å². The van der Waals surface area contributed by atoms with E-state index in [0.29, 0.717) is 24.7 Å². The first-order chi connectivity index (χ1) is 15.6. The maximum atomic E-state index is 12.8. The van der Waals surface area contributed by atoms with Crippen LogP contribution in [0.4, 0.5) is 0 Å².